The maximum atomic E-state index is 12.2. The summed E-state index contributed by atoms with van der Waals surface area (Å²) in [6.45, 7) is 6.09. The molecule has 28 heavy (non-hydrogen) atoms. The zero-order chi connectivity index (χ0) is 20.6. The molecule has 2 aromatic rings. The molecule has 0 saturated heterocycles. The Morgan fingerprint density at radius 3 is 1.82 bits per heavy atom. The molecule has 3 nitrogen and oxygen atoms in total. The van der Waals surface area contributed by atoms with Crippen LogP contribution in [-0.4, -0.2) is 45.8 Å². The minimum atomic E-state index is -2.64. The summed E-state index contributed by atoms with van der Waals surface area (Å²) in [6.07, 6.45) is -3.04. The van der Waals surface area contributed by atoms with Gasteiger partial charge >= 0.3 is 0 Å². The highest BCUT2D eigenvalue weighted by atomic mass is 28.4. The van der Waals surface area contributed by atoms with Gasteiger partial charge in [0.15, 0.2) is 0 Å². The first kappa shape index (κ1) is 22.7. The SMILES string of the molecule is CC(C)(C)[Si](OCCC(O)COCC(F)F)(c1ccccc1)c1ccccc1. The maximum absolute atomic E-state index is 12.2. The summed E-state index contributed by atoms with van der Waals surface area (Å²) in [7, 11) is -2.64. The fourth-order valence-corrected chi connectivity index (χ4v) is 8.07. The fourth-order valence-electron chi connectivity index (χ4n) is 3.49. The Kier molecular flexibility index (Phi) is 8.31. The third kappa shape index (κ3) is 5.70. The van der Waals surface area contributed by atoms with E-state index in [9.17, 15) is 13.9 Å². The first-order valence-corrected chi connectivity index (χ1v) is 11.5. The third-order valence-corrected chi connectivity index (χ3v) is 9.78. The second kappa shape index (κ2) is 10.3. The van der Waals surface area contributed by atoms with Crippen molar-refractivity contribution in [2.45, 2.75) is 44.8 Å². The van der Waals surface area contributed by atoms with Crippen LogP contribution in [0.1, 0.15) is 27.2 Å². The topological polar surface area (TPSA) is 38.7 Å². The number of rotatable bonds is 10. The van der Waals surface area contributed by atoms with Gasteiger partial charge in [-0.25, -0.2) is 8.78 Å². The predicted molar refractivity (Wildman–Crippen MR) is 111 cm³/mol. The molecule has 1 atom stereocenters. The number of aliphatic hydroxyl groups excluding tert-OH is 1. The van der Waals surface area contributed by atoms with E-state index in [0.29, 0.717) is 13.0 Å². The van der Waals surface area contributed by atoms with Crippen molar-refractivity contribution in [3.63, 3.8) is 0 Å². The number of alkyl halides is 2. The minimum absolute atomic E-state index is 0.117. The molecular weight excluding hydrogens is 378 g/mol. The second-order valence-electron chi connectivity index (χ2n) is 7.88. The Morgan fingerprint density at radius 2 is 1.39 bits per heavy atom. The lowest BCUT2D eigenvalue weighted by Crippen LogP contribution is -2.66. The van der Waals surface area contributed by atoms with Crippen LogP contribution in [0.15, 0.2) is 60.7 Å². The number of ether oxygens (including phenoxy) is 1. The zero-order valence-electron chi connectivity index (χ0n) is 16.8. The maximum Gasteiger partial charge on any atom is 0.261 e. The van der Waals surface area contributed by atoms with Crippen LogP contribution in [-0.2, 0) is 9.16 Å². The molecule has 0 heterocycles. The normalized spacial score (nSPS) is 13.7. The Labute approximate surface area is 167 Å². The largest absolute Gasteiger partial charge is 0.407 e. The number of hydrogen-bond donors (Lipinski definition) is 1. The lowest BCUT2D eigenvalue weighted by molar-refractivity contribution is -0.0243. The van der Waals surface area contributed by atoms with Crippen LogP contribution in [0.25, 0.3) is 0 Å². The van der Waals surface area contributed by atoms with Crippen molar-refractivity contribution in [3.8, 4) is 0 Å². The number of benzene rings is 2. The second-order valence-corrected chi connectivity index (χ2v) is 12.2. The van der Waals surface area contributed by atoms with Crippen LogP contribution in [0.4, 0.5) is 8.78 Å². The molecule has 154 valence electrons. The van der Waals surface area contributed by atoms with Crippen molar-refractivity contribution < 1.29 is 23.1 Å². The summed E-state index contributed by atoms with van der Waals surface area (Å²) in [5.74, 6) is 0. The predicted octanol–water partition coefficient (Wildman–Crippen LogP) is 3.60. The van der Waals surface area contributed by atoms with E-state index >= 15 is 0 Å². The van der Waals surface area contributed by atoms with Crippen LogP contribution in [0.2, 0.25) is 5.04 Å². The number of aliphatic hydroxyl groups is 1. The zero-order valence-corrected chi connectivity index (χ0v) is 17.8. The van der Waals surface area contributed by atoms with Gasteiger partial charge < -0.3 is 14.3 Å². The van der Waals surface area contributed by atoms with E-state index in [-0.39, 0.29) is 11.6 Å². The van der Waals surface area contributed by atoms with Gasteiger partial charge in [-0.15, -0.1) is 0 Å². The van der Waals surface area contributed by atoms with Gasteiger partial charge in [0.1, 0.15) is 6.61 Å². The molecule has 0 amide bonds. The van der Waals surface area contributed by atoms with Gasteiger partial charge in [0.05, 0.1) is 12.7 Å². The van der Waals surface area contributed by atoms with E-state index in [1.54, 1.807) is 0 Å². The van der Waals surface area contributed by atoms with E-state index in [1.165, 1.54) is 0 Å². The fraction of sp³-hybridized carbons (Fsp3) is 0.455. The van der Waals surface area contributed by atoms with Crippen molar-refractivity contribution >= 4 is 18.7 Å². The average Bonchev–Trinajstić information content (AvgIpc) is 2.65. The first-order valence-electron chi connectivity index (χ1n) is 9.56. The Morgan fingerprint density at radius 1 is 0.893 bits per heavy atom. The van der Waals surface area contributed by atoms with Crippen molar-refractivity contribution in [1.82, 2.24) is 0 Å². The minimum Gasteiger partial charge on any atom is -0.407 e. The van der Waals surface area contributed by atoms with Crippen molar-refractivity contribution in [2.24, 2.45) is 0 Å². The molecule has 0 fully saturated rings. The van der Waals surface area contributed by atoms with E-state index in [2.05, 4.69) is 45.0 Å². The van der Waals surface area contributed by atoms with E-state index in [1.807, 2.05) is 36.4 Å². The van der Waals surface area contributed by atoms with Crippen molar-refractivity contribution in [2.75, 3.05) is 19.8 Å². The average molecular weight is 409 g/mol. The quantitative estimate of drug-likeness (QED) is 0.611. The van der Waals surface area contributed by atoms with Crippen molar-refractivity contribution in [3.05, 3.63) is 60.7 Å². The molecule has 0 bridgehead atoms. The summed E-state index contributed by atoms with van der Waals surface area (Å²) in [6, 6.07) is 20.5. The van der Waals surface area contributed by atoms with Gasteiger partial charge in [0.2, 0.25) is 0 Å². The monoisotopic (exact) mass is 408 g/mol. The highest BCUT2D eigenvalue weighted by Crippen LogP contribution is 2.36. The molecule has 0 aromatic heterocycles. The molecule has 1 N–H and O–H groups in total. The van der Waals surface area contributed by atoms with E-state index in [0.717, 1.165) is 10.4 Å². The third-order valence-electron chi connectivity index (χ3n) is 4.74. The lowest BCUT2D eigenvalue weighted by atomic mass is 10.2. The molecule has 6 heteroatoms. The molecule has 0 radical (unpaired) electrons. The molecule has 0 aliphatic rings. The van der Waals surface area contributed by atoms with Crippen molar-refractivity contribution in [1.29, 1.82) is 0 Å². The van der Waals surface area contributed by atoms with Gasteiger partial charge in [0.25, 0.3) is 14.7 Å². The van der Waals surface area contributed by atoms with Crippen LogP contribution in [0.3, 0.4) is 0 Å². The number of hydrogen-bond acceptors (Lipinski definition) is 3. The van der Waals surface area contributed by atoms with Crippen LogP contribution < -0.4 is 10.4 Å². The molecule has 0 aliphatic heterocycles. The molecule has 0 spiro atoms. The van der Waals surface area contributed by atoms with Crippen LogP contribution in [0.5, 0.6) is 0 Å². The smallest absolute Gasteiger partial charge is 0.261 e. The van der Waals surface area contributed by atoms with Gasteiger partial charge in [-0.2, -0.15) is 0 Å². The van der Waals surface area contributed by atoms with Gasteiger partial charge in [-0.1, -0.05) is 81.4 Å². The first-order chi connectivity index (χ1) is 13.3. The standard InChI is InChI=1S/C22H30F2O3Si/c1-22(2,3)28(19-10-6-4-7-11-19,20-12-8-5-9-13-20)27-15-14-18(25)16-26-17-21(23)24/h4-13,18,21,25H,14-17H2,1-3H3. The Balaban J connectivity index is 2.22. The molecule has 0 aliphatic carbocycles. The molecule has 0 saturated carbocycles. The van der Waals surface area contributed by atoms with Gasteiger partial charge in [-0.05, 0) is 21.8 Å². The summed E-state index contributed by atoms with van der Waals surface area (Å²) in [5, 5.41) is 12.3. The highest BCUT2D eigenvalue weighted by molar-refractivity contribution is 6.99. The summed E-state index contributed by atoms with van der Waals surface area (Å²) < 4.78 is 35.8. The molecular formula is C22H30F2O3Si. The molecule has 2 aromatic carbocycles. The lowest BCUT2D eigenvalue weighted by Gasteiger charge is -2.43. The highest BCUT2D eigenvalue weighted by Gasteiger charge is 2.50. The van der Waals surface area contributed by atoms with Crippen LogP contribution in [0, 0.1) is 0 Å². The Bertz CT molecular complexity index is 650. The molecule has 2 rings (SSSR count). The molecule has 1 unspecified atom stereocenters. The van der Waals surface area contributed by atoms with Gasteiger partial charge in [0, 0.05) is 6.61 Å². The number of halogens is 2. The van der Waals surface area contributed by atoms with E-state index in [4.69, 9.17) is 9.16 Å². The summed E-state index contributed by atoms with van der Waals surface area (Å²) in [5.41, 5.74) is 0. The Hall–Kier alpha value is -1.60. The van der Waals surface area contributed by atoms with Gasteiger partial charge in [-0.3, -0.25) is 0 Å². The van der Waals surface area contributed by atoms with E-state index < -0.39 is 27.5 Å². The van der Waals surface area contributed by atoms with Crippen LogP contribution >= 0.6 is 0 Å². The summed E-state index contributed by atoms with van der Waals surface area (Å²) >= 11 is 0. The summed E-state index contributed by atoms with van der Waals surface area (Å²) in [4.78, 5) is 0.